The van der Waals surface area contributed by atoms with E-state index in [1.807, 2.05) is 53.4 Å². The van der Waals surface area contributed by atoms with Crippen LogP contribution in [0.5, 0.6) is 0 Å². The van der Waals surface area contributed by atoms with Gasteiger partial charge < -0.3 is 10.2 Å². The molecule has 3 aromatic rings. The third-order valence-electron chi connectivity index (χ3n) is 3.47. The van der Waals surface area contributed by atoms with Crippen LogP contribution in [0, 0.1) is 0 Å². The number of hydrogen-bond acceptors (Lipinski definition) is 5. The maximum Gasteiger partial charge on any atom is 0.252 e. The Kier molecular flexibility index (Phi) is 5.14. The highest BCUT2D eigenvalue weighted by molar-refractivity contribution is 5.58. The zero-order valence-corrected chi connectivity index (χ0v) is 13.3. The highest BCUT2D eigenvalue weighted by atomic mass is 15.3. The van der Waals surface area contributed by atoms with Crippen molar-refractivity contribution in [3.05, 3.63) is 85.1 Å². The minimum absolute atomic E-state index is 0.555. The van der Waals surface area contributed by atoms with Gasteiger partial charge in [-0.1, -0.05) is 54.6 Å². The number of rotatable bonds is 7. The Morgan fingerprint density at radius 2 is 1.71 bits per heavy atom. The monoisotopic (exact) mass is 317 g/mol. The summed E-state index contributed by atoms with van der Waals surface area (Å²) in [4.78, 5) is 6.62. The minimum atomic E-state index is 0.555. The predicted molar refractivity (Wildman–Crippen MR) is 97.2 cm³/mol. The van der Waals surface area contributed by atoms with E-state index in [4.69, 9.17) is 0 Å². The van der Waals surface area contributed by atoms with E-state index in [-0.39, 0.29) is 0 Å². The molecule has 0 aliphatic carbocycles. The van der Waals surface area contributed by atoms with Crippen LogP contribution in [0.4, 0.5) is 17.5 Å². The summed E-state index contributed by atoms with van der Waals surface area (Å²) in [6.45, 7) is 4.99. The van der Waals surface area contributed by atoms with Crippen LogP contribution < -0.4 is 10.2 Å². The Hall–Kier alpha value is -3.21. The zero-order valence-electron chi connectivity index (χ0n) is 13.3. The van der Waals surface area contributed by atoms with Gasteiger partial charge in [-0.2, -0.15) is 10.1 Å². The molecule has 5 heteroatoms. The van der Waals surface area contributed by atoms with Crippen LogP contribution in [0.15, 0.2) is 79.5 Å². The Bertz CT molecular complexity index is 774. The zero-order chi connectivity index (χ0) is 16.6. The van der Waals surface area contributed by atoms with Gasteiger partial charge in [-0.05, 0) is 17.7 Å². The van der Waals surface area contributed by atoms with Crippen LogP contribution in [0.1, 0.15) is 5.56 Å². The summed E-state index contributed by atoms with van der Waals surface area (Å²) < 4.78 is 0. The van der Waals surface area contributed by atoms with E-state index < -0.39 is 0 Å². The quantitative estimate of drug-likeness (QED) is 0.672. The summed E-state index contributed by atoms with van der Waals surface area (Å²) in [5.41, 5.74) is 2.19. The first-order chi connectivity index (χ1) is 11.9. The standard InChI is InChI=1S/C19H19N5/c1-2-13-20-18-14-21-23-19(22-18)24(17-11-7-4-8-12-17)15-16-9-5-3-6-10-16/h2-12,14H,1,13,15H2,(H,20,22,23). The Morgan fingerprint density at radius 3 is 2.42 bits per heavy atom. The molecule has 0 bridgehead atoms. The lowest BCUT2D eigenvalue weighted by Crippen LogP contribution is -2.20. The summed E-state index contributed by atoms with van der Waals surface area (Å²) in [6.07, 6.45) is 3.39. The van der Waals surface area contributed by atoms with Crippen LogP contribution in [0.25, 0.3) is 0 Å². The average Bonchev–Trinajstić information content (AvgIpc) is 2.66. The summed E-state index contributed by atoms with van der Waals surface area (Å²) in [5, 5.41) is 11.4. The van der Waals surface area contributed by atoms with E-state index in [0.717, 1.165) is 5.69 Å². The second kappa shape index (κ2) is 7.87. The van der Waals surface area contributed by atoms with E-state index >= 15 is 0 Å². The van der Waals surface area contributed by atoms with Crippen molar-refractivity contribution < 1.29 is 0 Å². The van der Waals surface area contributed by atoms with Crippen molar-refractivity contribution in [2.45, 2.75) is 6.54 Å². The number of nitrogens with one attached hydrogen (secondary N) is 1. The molecule has 120 valence electrons. The van der Waals surface area contributed by atoms with Crippen molar-refractivity contribution in [3.63, 3.8) is 0 Å². The van der Waals surface area contributed by atoms with Crippen LogP contribution >= 0.6 is 0 Å². The summed E-state index contributed by atoms with van der Waals surface area (Å²) in [7, 11) is 0. The number of nitrogens with zero attached hydrogens (tertiary/aromatic N) is 4. The smallest absolute Gasteiger partial charge is 0.252 e. The number of aromatic nitrogens is 3. The topological polar surface area (TPSA) is 53.9 Å². The molecule has 1 N–H and O–H groups in total. The molecule has 1 aromatic heterocycles. The Labute approximate surface area is 141 Å². The minimum Gasteiger partial charge on any atom is -0.365 e. The van der Waals surface area contributed by atoms with Crippen molar-refractivity contribution in [2.75, 3.05) is 16.8 Å². The van der Waals surface area contributed by atoms with Crippen molar-refractivity contribution in [3.8, 4) is 0 Å². The van der Waals surface area contributed by atoms with Gasteiger partial charge in [0.05, 0.1) is 12.7 Å². The van der Waals surface area contributed by atoms with Gasteiger partial charge in [0.25, 0.3) is 5.95 Å². The highest BCUT2D eigenvalue weighted by Gasteiger charge is 2.14. The van der Waals surface area contributed by atoms with Gasteiger partial charge in [-0.25, -0.2) is 0 Å². The average molecular weight is 317 g/mol. The van der Waals surface area contributed by atoms with E-state index in [1.165, 1.54) is 5.56 Å². The second-order valence-corrected chi connectivity index (χ2v) is 5.22. The normalized spacial score (nSPS) is 10.2. The van der Waals surface area contributed by atoms with Crippen molar-refractivity contribution in [2.24, 2.45) is 0 Å². The van der Waals surface area contributed by atoms with E-state index in [9.17, 15) is 0 Å². The molecular weight excluding hydrogens is 298 g/mol. The van der Waals surface area contributed by atoms with Gasteiger partial charge in [0.2, 0.25) is 0 Å². The molecule has 3 rings (SSSR count). The first-order valence-electron chi connectivity index (χ1n) is 7.78. The van der Waals surface area contributed by atoms with E-state index in [2.05, 4.69) is 39.2 Å². The van der Waals surface area contributed by atoms with Crippen molar-refractivity contribution >= 4 is 17.5 Å². The van der Waals surface area contributed by atoms with Crippen molar-refractivity contribution in [1.29, 1.82) is 0 Å². The molecule has 0 amide bonds. The van der Waals surface area contributed by atoms with Gasteiger partial charge in [0.1, 0.15) is 0 Å². The van der Waals surface area contributed by atoms with Crippen LogP contribution in [-0.4, -0.2) is 21.7 Å². The lowest BCUT2D eigenvalue weighted by atomic mass is 10.2. The fourth-order valence-electron chi connectivity index (χ4n) is 2.32. The number of benzene rings is 2. The third kappa shape index (κ3) is 3.95. The van der Waals surface area contributed by atoms with Gasteiger partial charge >= 0.3 is 0 Å². The molecule has 1 heterocycles. The molecule has 24 heavy (non-hydrogen) atoms. The van der Waals surface area contributed by atoms with Gasteiger partial charge in [-0.3, -0.25) is 0 Å². The second-order valence-electron chi connectivity index (χ2n) is 5.22. The van der Waals surface area contributed by atoms with Crippen LogP contribution in [0.2, 0.25) is 0 Å². The molecule has 2 aromatic carbocycles. The predicted octanol–water partition coefficient (Wildman–Crippen LogP) is 3.81. The van der Waals surface area contributed by atoms with Crippen molar-refractivity contribution in [1.82, 2.24) is 15.2 Å². The van der Waals surface area contributed by atoms with Crippen LogP contribution in [0.3, 0.4) is 0 Å². The molecule has 0 unspecified atom stereocenters. The maximum atomic E-state index is 4.58. The molecule has 0 saturated carbocycles. The fraction of sp³-hybridized carbons (Fsp3) is 0.105. The molecule has 0 radical (unpaired) electrons. The molecule has 0 fully saturated rings. The molecule has 0 aliphatic rings. The number of para-hydroxylation sites is 1. The fourth-order valence-corrected chi connectivity index (χ4v) is 2.32. The molecule has 0 spiro atoms. The molecule has 5 nitrogen and oxygen atoms in total. The van der Waals surface area contributed by atoms with E-state index in [0.29, 0.717) is 24.9 Å². The molecule has 0 saturated heterocycles. The van der Waals surface area contributed by atoms with Gasteiger partial charge in [-0.15, -0.1) is 11.7 Å². The maximum absolute atomic E-state index is 4.58. The van der Waals surface area contributed by atoms with Gasteiger partial charge in [0, 0.05) is 12.2 Å². The number of anilines is 3. The summed E-state index contributed by atoms with van der Waals surface area (Å²) in [6, 6.07) is 20.3. The number of hydrogen-bond donors (Lipinski definition) is 1. The van der Waals surface area contributed by atoms with Gasteiger partial charge in [0.15, 0.2) is 5.82 Å². The Morgan fingerprint density at radius 1 is 1.00 bits per heavy atom. The molecule has 0 atom stereocenters. The van der Waals surface area contributed by atoms with E-state index in [1.54, 1.807) is 12.3 Å². The first-order valence-corrected chi connectivity index (χ1v) is 7.78. The molecule has 0 aliphatic heterocycles. The largest absolute Gasteiger partial charge is 0.365 e. The molecular formula is C19H19N5. The summed E-state index contributed by atoms with van der Waals surface area (Å²) in [5.74, 6) is 1.23. The lowest BCUT2D eigenvalue weighted by Gasteiger charge is -2.22. The SMILES string of the molecule is C=CCNc1cnnc(N(Cc2ccccc2)c2ccccc2)n1. The lowest BCUT2D eigenvalue weighted by molar-refractivity contribution is 0.863. The van der Waals surface area contributed by atoms with Crippen LogP contribution in [-0.2, 0) is 6.54 Å². The summed E-state index contributed by atoms with van der Waals surface area (Å²) >= 11 is 0. The first kappa shape index (κ1) is 15.7. The Balaban J connectivity index is 1.94. The third-order valence-corrected chi connectivity index (χ3v) is 3.47. The highest BCUT2D eigenvalue weighted by Crippen LogP contribution is 2.24.